The molecule has 1 saturated carbocycles. The second kappa shape index (κ2) is 4.77. The Kier molecular flexibility index (Phi) is 3.91. The van der Waals surface area contributed by atoms with Crippen LogP contribution in [0, 0.1) is 17.2 Å². The monoisotopic (exact) mass is 197 g/mol. The van der Waals surface area contributed by atoms with Crippen LogP contribution >= 0.6 is 0 Å². The Hall–Kier alpha value is -0.590. The molecule has 3 heteroatoms. The van der Waals surface area contributed by atoms with E-state index in [1.807, 2.05) is 6.07 Å². The van der Waals surface area contributed by atoms with Gasteiger partial charge in [0, 0.05) is 6.61 Å². The molecule has 1 fully saturated rings. The minimum atomic E-state index is -1.09. The van der Waals surface area contributed by atoms with Gasteiger partial charge in [0.2, 0.25) is 0 Å². The van der Waals surface area contributed by atoms with E-state index >= 15 is 0 Å². The summed E-state index contributed by atoms with van der Waals surface area (Å²) in [6, 6.07) is 1.97. The molecule has 0 amide bonds. The van der Waals surface area contributed by atoms with E-state index in [9.17, 15) is 5.11 Å². The van der Waals surface area contributed by atoms with Crippen LogP contribution in [0.3, 0.4) is 0 Å². The van der Waals surface area contributed by atoms with E-state index in [1.165, 1.54) is 0 Å². The summed E-state index contributed by atoms with van der Waals surface area (Å²) < 4.78 is 5.66. The summed E-state index contributed by atoms with van der Waals surface area (Å²) >= 11 is 0. The minimum absolute atomic E-state index is 0.242. The number of nitrogens with zero attached hydrogens (tertiary/aromatic N) is 1. The molecule has 80 valence electrons. The Balaban J connectivity index is 2.26. The van der Waals surface area contributed by atoms with E-state index < -0.39 is 5.60 Å². The third kappa shape index (κ3) is 3.28. The van der Waals surface area contributed by atoms with Crippen LogP contribution in [0.15, 0.2) is 0 Å². The van der Waals surface area contributed by atoms with Gasteiger partial charge in [-0.1, -0.05) is 13.8 Å². The number of aliphatic hydroxyl groups is 1. The van der Waals surface area contributed by atoms with Gasteiger partial charge in [-0.25, -0.2) is 0 Å². The van der Waals surface area contributed by atoms with Gasteiger partial charge < -0.3 is 9.84 Å². The van der Waals surface area contributed by atoms with Crippen LogP contribution in [0.2, 0.25) is 0 Å². The first-order valence-corrected chi connectivity index (χ1v) is 5.31. The van der Waals surface area contributed by atoms with Gasteiger partial charge in [-0.05, 0) is 31.6 Å². The van der Waals surface area contributed by atoms with Gasteiger partial charge in [0.05, 0.1) is 12.2 Å². The smallest absolute Gasteiger partial charge is 0.151 e. The highest BCUT2D eigenvalue weighted by Crippen LogP contribution is 2.29. The Morgan fingerprint density at radius 3 is 2.50 bits per heavy atom. The fourth-order valence-corrected chi connectivity index (χ4v) is 1.68. The lowest BCUT2D eigenvalue weighted by atomic mass is 9.84. The SMILES string of the molecule is CC(C)COC1CCC(O)(C#N)CC1. The summed E-state index contributed by atoms with van der Waals surface area (Å²) in [5.41, 5.74) is -1.09. The Bertz CT molecular complexity index is 212. The predicted octanol–water partition coefficient (Wildman–Crippen LogP) is 1.86. The number of rotatable bonds is 3. The zero-order valence-corrected chi connectivity index (χ0v) is 8.99. The molecule has 1 aliphatic rings. The summed E-state index contributed by atoms with van der Waals surface area (Å²) in [5, 5.41) is 18.4. The lowest BCUT2D eigenvalue weighted by molar-refractivity contribution is -0.0354. The first-order valence-electron chi connectivity index (χ1n) is 5.31. The van der Waals surface area contributed by atoms with Gasteiger partial charge in [0.15, 0.2) is 5.60 Å². The third-order valence-corrected chi connectivity index (χ3v) is 2.63. The zero-order valence-electron chi connectivity index (χ0n) is 8.99. The molecule has 1 N–H and O–H groups in total. The van der Waals surface area contributed by atoms with E-state index in [0.717, 1.165) is 19.4 Å². The summed E-state index contributed by atoms with van der Waals surface area (Å²) in [6.07, 6.45) is 2.94. The maximum atomic E-state index is 9.66. The van der Waals surface area contributed by atoms with Crippen LogP contribution in [0.25, 0.3) is 0 Å². The molecule has 14 heavy (non-hydrogen) atoms. The van der Waals surface area contributed by atoms with Gasteiger partial charge in [-0.15, -0.1) is 0 Å². The van der Waals surface area contributed by atoms with Crippen molar-refractivity contribution in [1.82, 2.24) is 0 Å². The van der Waals surface area contributed by atoms with Crippen LogP contribution in [-0.4, -0.2) is 23.4 Å². The van der Waals surface area contributed by atoms with Crippen LogP contribution in [0.1, 0.15) is 39.5 Å². The van der Waals surface area contributed by atoms with Crippen molar-refractivity contribution < 1.29 is 9.84 Å². The molecule has 0 atom stereocenters. The Morgan fingerprint density at radius 2 is 2.07 bits per heavy atom. The van der Waals surface area contributed by atoms with Gasteiger partial charge in [0.25, 0.3) is 0 Å². The largest absolute Gasteiger partial charge is 0.378 e. The average molecular weight is 197 g/mol. The molecular formula is C11H19NO2. The maximum absolute atomic E-state index is 9.66. The van der Waals surface area contributed by atoms with E-state index in [4.69, 9.17) is 10.00 Å². The molecule has 0 aliphatic heterocycles. The molecule has 0 bridgehead atoms. The van der Waals surface area contributed by atoms with E-state index in [-0.39, 0.29) is 6.10 Å². The molecule has 0 radical (unpaired) electrons. The standard InChI is InChI=1S/C11H19NO2/c1-9(2)7-14-10-3-5-11(13,8-12)6-4-10/h9-10,13H,3-7H2,1-2H3. The number of hydrogen-bond acceptors (Lipinski definition) is 3. The molecule has 0 aromatic rings. The van der Waals surface area contributed by atoms with Crippen molar-refractivity contribution in [3.63, 3.8) is 0 Å². The minimum Gasteiger partial charge on any atom is -0.378 e. The molecular weight excluding hydrogens is 178 g/mol. The Morgan fingerprint density at radius 1 is 1.50 bits per heavy atom. The van der Waals surface area contributed by atoms with Crippen molar-refractivity contribution >= 4 is 0 Å². The van der Waals surface area contributed by atoms with Crippen LogP contribution in [-0.2, 0) is 4.74 Å². The lowest BCUT2D eigenvalue weighted by Gasteiger charge is -2.31. The van der Waals surface area contributed by atoms with Gasteiger partial charge in [-0.3, -0.25) is 0 Å². The lowest BCUT2D eigenvalue weighted by Crippen LogP contribution is -2.35. The topological polar surface area (TPSA) is 53.2 Å². The fraction of sp³-hybridized carbons (Fsp3) is 0.909. The normalized spacial score (nSPS) is 32.9. The highest BCUT2D eigenvalue weighted by Gasteiger charge is 2.33. The molecule has 0 spiro atoms. The van der Waals surface area contributed by atoms with E-state index in [2.05, 4.69) is 13.8 Å². The first kappa shape index (κ1) is 11.5. The Labute approximate surface area is 85.7 Å². The van der Waals surface area contributed by atoms with Crippen molar-refractivity contribution in [2.75, 3.05) is 6.61 Å². The molecule has 3 nitrogen and oxygen atoms in total. The van der Waals surface area contributed by atoms with Crippen molar-refractivity contribution in [3.8, 4) is 6.07 Å². The van der Waals surface area contributed by atoms with Crippen molar-refractivity contribution in [2.45, 2.75) is 51.2 Å². The first-order chi connectivity index (χ1) is 6.56. The van der Waals surface area contributed by atoms with E-state index in [0.29, 0.717) is 18.8 Å². The molecule has 1 aliphatic carbocycles. The zero-order chi connectivity index (χ0) is 10.6. The van der Waals surface area contributed by atoms with E-state index in [1.54, 1.807) is 0 Å². The molecule has 0 aromatic carbocycles. The predicted molar refractivity (Wildman–Crippen MR) is 53.6 cm³/mol. The highest BCUT2D eigenvalue weighted by molar-refractivity contribution is 5.02. The molecule has 1 rings (SSSR count). The molecule has 0 unspecified atom stereocenters. The van der Waals surface area contributed by atoms with Gasteiger partial charge in [0.1, 0.15) is 0 Å². The summed E-state index contributed by atoms with van der Waals surface area (Å²) in [7, 11) is 0. The summed E-state index contributed by atoms with van der Waals surface area (Å²) in [5.74, 6) is 0.548. The summed E-state index contributed by atoms with van der Waals surface area (Å²) in [4.78, 5) is 0. The van der Waals surface area contributed by atoms with Crippen LogP contribution in [0.5, 0.6) is 0 Å². The molecule has 0 saturated heterocycles. The molecule has 0 heterocycles. The van der Waals surface area contributed by atoms with Gasteiger partial charge in [-0.2, -0.15) is 5.26 Å². The fourth-order valence-electron chi connectivity index (χ4n) is 1.68. The van der Waals surface area contributed by atoms with Crippen molar-refractivity contribution in [3.05, 3.63) is 0 Å². The van der Waals surface area contributed by atoms with Crippen molar-refractivity contribution in [2.24, 2.45) is 5.92 Å². The third-order valence-electron chi connectivity index (χ3n) is 2.63. The number of hydrogen-bond donors (Lipinski definition) is 1. The average Bonchev–Trinajstić information content (AvgIpc) is 2.17. The van der Waals surface area contributed by atoms with Crippen LogP contribution in [0.4, 0.5) is 0 Å². The van der Waals surface area contributed by atoms with Crippen LogP contribution < -0.4 is 0 Å². The van der Waals surface area contributed by atoms with Crippen molar-refractivity contribution in [1.29, 1.82) is 5.26 Å². The maximum Gasteiger partial charge on any atom is 0.151 e. The second-order valence-corrected chi connectivity index (χ2v) is 4.57. The highest BCUT2D eigenvalue weighted by atomic mass is 16.5. The number of nitriles is 1. The second-order valence-electron chi connectivity index (χ2n) is 4.57. The quantitative estimate of drug-likeness (QED) is 0.702. The summed E-state index contributed by atoms with van der Waals surface area (Å²) in [6.45, 7) is 5.01. The van der Waals surface area contributed by atoms with Gasteiger partial charge >= 0.3 is 0 Å². The number of ether oxygens (including phenoxy) is 1. The molecule has 0 aromatic heterocycles.